The van der Waals surface area contributed by atoms with Crippen molar-refractivity contribution in [3.63, 3.8) is 0 Å². The number of nitrogens with one attached hydrogen (secondary N) is 3. The molecule has 3 rings (SSSR count). The number of hydrogen-bond acceptors (Lipinski definition) is 6. The lowest BCUT2D eigenvalue weighted by molar-refractivity contribution is 0.342. The molecule has 2 aromatic rings. The molecular formula is C21H30N6OS. The van der Waals surface area contributed by atoms with E-state index in [-0.39, 0.29) is 0 Å². The molecule has 0 saturated heterocycles. The van der Waals surface area contributed by atoms with Crippen LogP contribution in [0, 0.1) is 0 Å². The molecule has 0 unspecified atom stereocenters. The van der Waals surface area contributed by atoms with E-state index in [0.717, 1.165) is 42.9 Å². The van der Waals surface area contributed by atoms with Crippen molar-refractivity contribution in [3.05, 3.63) is 36.5 Å². The predicted molar refractivity (Wildman–Crippen MR) is 123 cm³/mol. The first-order valence-corrected chi connectivity index (χ1v) is 10.5. The average molecular weight is 415 g/mol. The fraction of sp³-hybridized carbons (Fsp3) is 0.476. The minimum Gasteiger partial charge on any atom is -0.492 e. The van der Waals surface area contributed by atoms with Gasteiger partial charge in [0.1, 0.15) is 11.6 Å². The number of ether oxygens (including phenoxy) is 1. The van der Waals surface area contributed by atoms with Crippen LogP contribution in [0.25, 0.3) is 0 Å². The molecule has 1 aliphatic carbocycles. The van der Waals surface area contributed by atoms with E-state index >= 15 is 0 Å². The van der Waals surface area contributed by atoms with Crippen molar-refractivity contribution in [2.75, 3.05) is 36.2 Å². The third-order valence-corrected chi connectivity index (χ3v) is 5.15. The number of anilines is 3. The molecule has 1 aromatic heterocycles. The highest BCUT2D eigenvalue weighted by Crippen LogP contribution is 2.25. The summed E-state index contributed by atoms with van der Waals surface area (Å²) in [7, 11) is 3.96. The van der Waals surface area contributed by atoms with Crippen molar-refractivity contribution < 1.29 is 4.74 Å². The van der Waals surface area contributed by atoms with Gasteiger partial charge in [-0.15, -0.1) is 0 Å². The van der Waals surface area contributed by atoms with Gasteiger partial charge in [-0.2, -0.15) is 4.98 Å². The zero-order valence-electron chi connectivity index (χ0n) is 17.3. The fourth-order valence-corrected chi connectivity index (χ4v) is 3.70. The van der Waals surface area contributed by atoms with Crippen molar-refractivity contribution in [3.8, 4) is 5.75 Å². The first-order valence-electron chi connectivity index (χ1n) is 10.1. The lowest BCUT2D eigenvalue weighted by Crippen LogP contribution is -2.42. The van der Waals surface area contributed by atoms with Crippen LogP contribution >= 0.6 is 12.2 Å². The maximum absolute atomic E-state index is 5.65. The highest BCUT2D eigenvalue weighted by atomic mass is 32.1. The van der Waals surface area contributed by atoms with Gasteiger partial charge in [-0.1, -0.05) is 12.1 Å². The predicted octanol–water partition coefficient (Wildman–Crippen LogP) is 3.65. The van der Waals surface area contributed by atoms with E-state index in [0.29, 0.717) is 29.8 Å². The molecule has 1 aliphatic rings. The topological polar surface area (TPSA) is 74.3 Å². The largest absolute Gasteiger partial charge is 0.492 e. The third kappa shape index (κ3) is 6.19. The van der Waals surface area contributed by atoms with Gasteiger partial charge in [0.25, 0.3) is 0 Å². The van der Waals surface area contributed by atoms with Gasteiger partial charge in [0.2, 0.25) is 5.95 Å². The van der Waals surface area contributed by atoms with Crippen LogP contribution in [0.2, 0.25) is 0 Å². The van der Waals surface area contributed by atoms with E-state index < -0.39 is 0 Å². The maximum Gasteiger partial charge on any atom is 0.224 e. The Morgan fingerprint density at radius 1 is 1.14 bits per heavy atom. The van der Waals surface area contributed by atoms with Gasteiger partial charge in [-0.25, -0.2) is 4.98 Å². The van der Waals surface area contributed by atoms with Crippen LogP contribution in [0.4, 0.5) is 17.5 Å². The molecule has 29 heavy (non-hydrogen) atoms. The first-order chi connectivity index (χ1) is 14.0. The van der Waals surface area contributed by atoms with Crippen LogP contribution in [-0.4, -0.2) is 47.9 Å². The number of thiocarbonyl (C=S) groups is 1. The smallest absolute Gasteiger partial charge is 0.224 e. The fourth-order valence-electron chi connectivity index (χ4n) is 3.43. The minimum atomic E-state index is 0.362. The summed E-state index contributed by atoms with van der Waals surface area (Å²) in [6, 6.07) is 10.5. The second-order valence-electron chi connectivity index (χ2n) is 7.35. The Kier molecular flexibility index (Phi) is 7.46. The molecule has 7 nitrogen and oxygen atoms in total. The Bertz CT molecular complexity index is 807. The first kappa shape index (κ1) is 21.1. The van der Waals surface area contributed by atoms with Crippen molar-refractivity contribution in [1.29, 1.82) is 0 Å². The summed E-state index contributed by atoms with van der Waals surface area (Å²) in [6.45, 7) is 2.60. The van der Waals surface area contributed by atoms with Crippen molar-refractivity contribution in [2.24, 2.45) is 0 Å². The molecule has 1 fully saturated rings. The molecule has 0 bridgehead atoms. The van der Waals surface area contributed by atoms with Gasteiger partial charge in [0, 0.05) is 32.4 Å². The van der Waals surface area contributed by atoms with E-state index in [1.165, 1.54) is 0 Å². The molecule has 1 aromatic carbocycles. The highest BCUT2D eigenvalue weighted by Gasteiger charge is 2.22. The highest BCUT2D eigenvalue weighted by molar-refractivity contribution is 7.80. The molecule has 0 radical (unpaired) electrons. The van der Waals surface area contributed by atoms with E-state index in [1.54, 1.807) is 6.20 Å². The van der Waals surface area contributed by atoms with E-state index in [1.807, 2.05) is 56.3 Å². The Morgan fingerprint density at radius 3 is 2.59 bits per heavy atom. The lowest BCUT2D eigenvalue weighted by atomic mass is 9.91. The standard InChI is InChI=1S/C21H30N6OS/c1-4-28-18-8-6-5-7-17(18)25-21(29)24-16-11-9-15(10-12-16)23-20-22-14-13-19(26-20)27(2)3/h5-8,13-16H,4,9-12H2,1-3H3,(H,22,23,26)(H2,24,25,29)/t15-,16+. The summed E-state index contributed by atoms with van der Waals surface area (Å²) in [5.41, 5.74) is 0.889. The molecule has 1 saturated carbocycles. The van der Waals surface area contributed by atoms with Gasteiger partial charge in [-0.3, -0.25) is 0 Å². The monoisotopic (exact) mass is 414 g/mol. The number of benzene rings is 1. The second-order valence-corrected chi connectivity index (χ2v) is 7.76. The van der Waals surface area contributed by atoms with Crippen LogP contribution < -0.4 is 25.6 Å². The Morgan fingerprint density at radius 2 is 1.86 bits per heavy atom. The van der Waals surface area contributed by atoms with E-state index in [9.17, 15) is 0 Å². The quantitative estimate of drug-likeness (QED) is 0.593. The molecule has 0 amide bonds. The zero-order valence-corrected chi connectivity index (χ0v) is 18.1. The Hall–Kier alpha value is -2.61. The second kappa shape index (κ2) is 10.2. The van der Waals surface area contributed by atoms with Gasteiger partial charge in [0.05, 0.1) is 12.3 Å². The average Bonchev–Trinajstić information content (AvgIpc) is 2.71. The Labute approximate surface area is 178 Å². The molecule has 0 atom stereocenters. The molecule has 156 valence electrons. The van der Waals surface area contributed by atoms with Crippen LogP contribution in [0.3, 0.4) is 0 Å². The lowest BCUT2D eigenvalue weighted by Gasteiger charge is -2.30. The Balaban J connectivity index is 1.46. The van der Waals surface area contributed by atoms with E-state index in [2.05, 4.69) is 25.9 Å². The molecule has 1 heterocycles. The van der Waals surface area contributed by atoms with E-state index in [4.69, 9.17) is 17.0 Å². The van der Waals surface area contributed by atoms with Crippen LogP contribution in [0.15, 0.2) is 36.5 Å². The molecule has 0 spiro atoms. The zero-order chi connectivity index (χ0) is 20.6. The summed E-state index contributed by atoms with van der Waals surface area (Å²) < 4.78 is 5.65. The summed E-state index contributed by atoms with van der Waals surface area (Å²) >= 11 is 5.52. The van der Waals surface area contributed by atoms with Gasteiger partial charge in [-0.05, 0) is 63.0 Å². The molecular weight excluding hydrogens is 384 g/mol. The third-order valence-electron chi connectivity index (χ3n) is 4.93. The number of nitrogens with zero attached hydrogens (tertiary/aromatic N) is 3. The SMILES string of the molecule is CCOc1ccccc1NC(=S)N[C@H]1CC[C@@H](Nc2nccc(N(C)C)n2)CC1. The molecule has 8 heteroatoms. The van der Waals surface area contributed by atoms with Crippen molar-refractivity contribution in [2.45, 2.75) is 44.7 Å². The van der Waals surface area contributed by atoms with Crippen LogP contribution in [0.1, 0.15) is 32.6 Å². The number of aromatic nitrogens is 2. The normalized spacial score (nSPS) is 18.6. The van der Waals surface area contributed by atoms with Crippen LogP contribution in [0.5, 0.6) is 5.75 Å². The van der Waals surface area contributed by atoms with Crippen molar-refractivity contribution in [1.82, 2.24) is 15.3 Å². The number of para-hydroxylation sites is 2. The molecule has 0 aliphatic heterocycles. The number of rotatable bonds is 7. The van der Waals surface area contributed by atoms with Crippen LogP contribution in [-0.2, 0) is 0 Å². The summed E-state index contributed by atoms with van der Waals surface area (Å²) in [4.78, 5) is 10.9. The van der Waals surface area contributed by atoms with Crippen molar-refractivity contribution >= 4 is 34.8 Å². The maximum atomic E-state index is 5.65. The summed E-state index contributed by atoms with van der Waals surface area (Å²) in [5.74, 6) is 2.41. The molecule has 3 N–H and O–H groups in total. The minimum absolute atomic E-state index is 0.362. The van der Waals surface area contributed by atoms with Gasteiger partial charge >= 0.3 is 0 Å². The summed E-state index contributed by atoms with van der Waals surface area (Å²) in [6.07, 6.45) is 5.97. The number of hydrogen-bond donors (Lipinski definition) is 3. The summed E-state index contributed by atoms with van der Waals surface area (Å²) in [5, 5.41) is 10.8. The van der Waals surface area contributed by atoms with Gasteiger partial charge < -0.3 is 25.6 Å². The van der Waals surface area contributed by atoms with Gasteiger partial charge in [0.15, 0.2) is 5.11 Å².